The van der Waals surface area contributed by atoms with Gasteiger partial charge < -0.3 is 4.90 Å². The van der Waals surface area contributed by atoms with Gasteiger partial charge in [-0.1, -0.05) is 12.1 Å². The Labute approximate surface area is 137 Å². The van der Waals surface area contributed by atoms with E-state index in [1.165, 1.54) is 23.0 Å². The molecule has 3 rings (SSSR count). The topological polar surface area (TPSA) is 53.5 Å². The fourth-order valence-corrected chi connectivity index (χ4v) is 4.26. The Bertz CT molecular complexity index is 783. The first-order valence-electron chi connectivity index (χ1n) is 7.71. The molecule has 1 fully saturated rings. The molecule has 1 aliphatic heterocycles. The summed E-state index contributed by atoms with van der Waals surface area (Å²) in [6, 6.07) is 9.63. The third-order valence-corrected chi connectivity index (χ3v) is 6.10. The van der Waals surface area contributed by atoms with Crippen molar-refractivity contribution in [2.45, 2.75) is 18.7 Å². The van der Waals surface area contributed by atoms with Crippen LogP contribution in [0.2, 0.25) is 0 Å². The van der Waals surface area contributed by atoms with Crippen LogP contribution in [0.1, 0.15) is 11.1 Å². The highest BCUT2D eigenvalue weighted by Crippen LogP contribution is 2.24. The number of benzene rings is 1. The number of anilines is 1. The van der Waals surface area contributed by atoms with Crippen molar-refractivity contribution < 1.29 is 8.42 Å². The summed E-state index contributed by atoms with van der Waals surface area (Å²) in [4.78, 5) is 6.44. The van der Waals surface area contributed by atoms with Gasteiger partial charge in [-0.25, -0.2) is 8.42 Å². The molecule has 1 saturated heterocycles. The van der Waals surface area contributed by atoms with Gasteiger partial charge in [0, 0.05) is 44.3 Å². The zero-order valence-electron chi connectivity index (χ0n) is 13.4. The summed E-state index contributed by atoms with van der Waals surface area (Å²) in [5, 5.41) is 0. The maximum Gasteiger partial charge on any atom is 0.244 e. The second-order valence-corrected chi connectivity index (χ2v) is 7.81. The lowest BCUT2D eigenvalue weighted by Crippen LogP contribution is -2.48. The van der Waals surface area contributed by atoms with Crippen molar-refractivity contribution in [3.05, 3.63) is 53.9 Å². The Balaban J connectivity index is 1.75. The lowest BCUT2D eigenvalue weighted by atomic mass is 10.1. The maximum absolute atomic E-state index is 12.6. The van der Waals surface area contributed by atoms with Crippen LogP contribution < -0.4 is 4.90 Å². The molecule has 1 aromatic heterocycles. The van der Waals surface area contributed by atoms with Crippen molar-refractivity contribution in [2.75, 3.05) is 31.1 Å². The van der Waals surface area contributed by atoms with E-state index < -0.39 is 10.0 Å². The number of sulfonamides is 1. The van der Waals surface area contributed by atoms with E-state index in [1.807, 2.05) is 0 Å². The molecule has 1 aliphatic rings. The summed E-state index contributed by atoms with van der Waals surface area (Å²) >= 11 is 0. The highest BCUT2D eigenvalue weighted by Gasteiger charge is 2.29. The van der Waals surface area contributed by atoms with E-state index in [1.54, 1.807) is 22.6 Å². The summed E-state index contributed by atoms with van der Waals surface area (Å²) in [5.74, 6) is 0. The zero-order chi connectivity index (χ0) is 16.4. The second-order valence-electron chi connectivity index (χ2n) is 5.87. The van der Waals surface area contributed by atoms with Gasteiger partial charge in [0.1, 0.15) is 4.90 Å². The van der Waals surface area contributed by atoms with E-state index in [-0.39, 0.29) is 4.90 Å². The molecule has 122 valence electrons. The lowest BCUT2D eigenvalue weighted by molar-refractivity contribution is 0.384. The van der Waals surface area contributed by atoms with Crippen LogP contribution in [0.4, 0.5) is 5.69 Å². The average molecular weight is 331 g/mol. The van der Waals surface area contributed by atoms with Gasteiger partial charge in [-0.3, -0.25) is 4.98 Å². The molecule has 0 amide bonds. The van der Waals surface area contributed by atoms with E-state index in [0.717, 1.165) is 0 Å². The molecule has 23 heavy (non-hydrogen) atoms. The highest BCUT2D eigenvalue weighted by atomic mass is 32.2. The van der Waals surface area contributed by atoms with E-state index >= 15 is 0 Å². The summed E-state index contributed by atoms with van der Waals surface area (Å²) in [6.45, 7) is 6.54. The van der Waals surface area contributed by atoms with Gasteiger partial charge in [0.15, 0.2) is 0 Å². The average Bonchev–Trinajstić information content (AvgIpc) is 2.58. The Morgan fingerprint density at radius 1 is 1.04 bits per heavy atom. The summed E-state index contributed by atoms with van der Waals surface area (Å²) in [5.41, 5.74) is 3.64. The second kappa shape index (κ2) is 6.29. The van der Waals surface area contributed by atoms with E-state index in [0.29, 0.717) is 26.2 Å². The zero-order valence-corrected chi connectivity index (χ0v) is 14.3. The van der Waals surface area contributed by atoms with Crippen molar-refractivity contribution >= 4 is 15.7 Å². The molecule has 0 unspecified atom stereocenters. The molecule has 0 N–H and O–H groups in total. The predicted molar refractivity (Wildman–Crippen MR) is 91.1 cm³/mol. The number of hydrogen-bond acceptors (Lipinski definition) is 4. The molecular formula is C17H21N3O2S. The largest absolute Gasteiger partial charge is 0.369 e. The van der Waals surface area contributed by atoms with Gasteiger partial charge in [0.05, 0.1) is 0 Å². The molecule has 0 aliphatic carbocycles. The van der Waals surface area contributed by atoms with Crippen molar-refractivity contribution in [1.82, 2.24) is 9.29 Å². The summed E-state index contributed by atoms with van der Waals surface area (Å²) in [6.07, 6.45) is 2.99. The molecule has 2 heterocycles. The summed E-state index contributed by atoms with van der Waals surface area (Å²) < 4.78 is 26.8. The van der Waals surface area contributed by atoms with E-state index in [9.17, 15) is 8.42 Å². The van der Waals surface area contributed by atoms with Gasteiger partial charge in [-0.05, 0) is 43.2 Å². The van der Waals surface area contributed by atoms with Crippen LogP contribution in [-0.4, -0.2) is 43.9 Å². The Hall–Kier alpha value is -1.92. The van der Waals surface area contributed by atoms with Crippen molar-refractivity contribution in [1.29, 1.82) is 0 Å². The van der Waals surface area contributed by atoms with Crippen molar-refractivity contribution in [3.63, 3.8) is 0 Å². The van der Waals surface area contributed by atoms with Crippen LogP contribution in [0.3, 0.4) is 0 Å². The van der Waals surface area contributed by atoms with Gasteiger partial charge in [-0.15, -0.1) is 0 Å². The first-order valence-corrected chi connectivity index (χ1v) is 9.15. The third kappa shape index (κ3) is 3.23. The molecule has 0 saturated carbocycles. The van der Waals surface area contributed by atoms with Crippen LogP contribution in [0.15, 0.2) is 47.6 Å². The molecule has 6 heteroatoms. The molecule has 1 aromatic carbocycles. The minimum absolute atomic E-state index is 0.264. The minimum atomic E-state index is -3.44. The maximum atomic E-state index is 12.6. The standard InChI is InChI=1S/C17H21N3O2S/c1-14-5-6-15(2)17(12-14)19-8-10-20(11-9-19)23(21,22)16-4-3-7-18-13-16/h3-7,12-13H,8-11H2,1-2H3. The Kier molecular flexibility index (Phi) is 4.37. The Morgan fingerprint density at radius 3 is 2.43 bits per heavy atom. The van der Waals surface area contributed by atoms with Crippen LogP contribution in [-0.2, 0) is 10.0 Å². The quantitative estimate of drug-likeness (QED) is 0.865. The minimum Gasteiger partial charge on any atom is -0.369 e. The van der Waals surface area contributed by atoms with Gasteiger partial charge >= 0.3 is 0 Å². The van der Waals surface area contributed by atoms with Crippen molar-refractivity contribution in [3.8, 4) is 0 Å². The van der Waals surface area contributed by atoms with Crippen LogP contribution in [0.25, 0.3) is 0 Å². The number of nitrogens with zero attached hydrogens (tertiary/aromatic N) is 3. The monoisotopic (exact) mass is 331 g/mol. The smallest absolute Gasteiger partial charge is 0.244 e. The molecule has 0 radical (unpaired) electrons. The molecule has 5 nitrogen and oxygen atoms in total. The van der Waals surface area contributed by atoms with E-state index in [2.05, 4.69) is 41.9 Å². The Morgan fingerprint density at radius 2 is 1.78 bits per heavy atom. The fourth-order valence-electron chi connectivity index (χ4n) is 2.88. The summed E-state index contributed by atoms with van der Waals surface area (Å²) in [7, 11) is -3.44. The molecular weight excluding hydrogens is 310 g/mol. The van der Waals surface area contributed by atoms with E-state index in [4.69, 9.17) is 0 Å². The number of hydrogen-bond donors (Lipinski definition) is 0. The molecule has 0 spiro atoms. The lowest BCUT2D eigenvalue weighted by Gasteiger charge is -2.36. The number of pyridine rings is 1. The third-order valence-electron chi connectivity index (χ3n) is 4.22. The van der Waals surface area contributed by atoms with Gasteiger partial charge in [0.25, 0.3) is 0 Å². The van der Waals surface area contributed by atoms with Crippen LogP contribution in [0, 0.1) is 13.8 Å². The first kappa shape index (κ1) is 16.0. The number of piperazine rings is 1. The van der Waals surface area contributed by atoms with Crippen molar-refractivity contribution in [2.24, 2.45) is 0 Å². The molecule has 0 bridgehead atoms. The number of aryl methyl sites for hydroxylation is 2. The molecule has 2 aromatic rings. The number of aromatic nitrogens is 1. The van der Waals surface area contributed by atoms with Gasteiger partial charge in [0.2, 0.25) is 10.0 Å². The predicted octanol–water partition coefficient (Wildman–Crippen LogP) is 2.21. The van der Waals surface area contributed by atoms with Crippen LogP contribution >= 0.6 is 0 Å². The van der Waals surface area contributed by atoms with Gasteiger partial charge in [-0.2, -0.15) is 4.31 Å². The highest BCUT2D eigenvalue weighted by molar-refractivity contribution is 7.89. The van der Waals surface area contributed by atoms with Crippen LogP contribution in [0.5, 0.6) is 0 Å². The fraction of sp³-hybridized carbons (Fsp3) is 0.353. The number of rotatable bonds is 3. The normalized spacial score (nSPS) is 16.5. The first-order chi connectivity index (χ1) is 11.0. The SMILES string of the molecule is Cc1ccc(C)c(N2CCN(S(=O)(=O)c3cccnc3)CC2)c1. The molecule has 0 atom stereocenters.